The van der Waals surface area contributed by atoms with Crippen LogP contribution in [0.4, 0.5) is 4.79 Å². The van der Waals surface area contributed by atoms with Gasteiger partial charge in [0.15, 0.2) is 0 Å². The van der Waals surface area contributed by atoms with Crippen LogP contribution in [0.2, 0.25) is 0 Å². The minimum absolute atomic E-state index is 0.0436. The van der Waals surface area contributed by atoms with Crippen molar-refractivity contribution in [1.82, 2.24) is 20.5 Å². The van der Waals surface area contributed by atoms with Crippen molar-refractivity contribution in [3.63, 3.8) is 0 Å². The maximum absolute atomic E-state index is 13.8. The van der Waals surface area contributed by atoms with E-state index in [1.54, 1.807) is 32.1 Å². The van der Waals surface area contributed by atoms with Gasteiger partial charge in [-0.2, -0.15) is 0 Å². The van der Waals surface area contributed by atoms with Crippen molar-refractivity contribution in [3.05, 3.63) is 41.0 Å². The van der Waals surface area contributed by atoms with Crippen LogP contribution in [-0.2, 0) is 30.4 Å². The van der Waals surface area contributed by atoms with Gasteiger partial charge in [-0.3, -0.25) is 14.4 Å². The molecule has 11 heteroatoms. The van der Waals surface area contributed by atoms with E-state index in [1.807, 2.05) is 57.5 Å². The highest BCUT2D eigenvalue weighted by Gasteiger charge is 2.46. The third-order valence-electron chi connectivity index (χ3n) is 6.38. The van der Waals surface area contributed by atoms with Gasteiger partial charge in [-0.15, -0.1) is 11.3 Å². The standard InChI is InChI=1S/C29H40N4O6S/c1-17-23(40-16-31-17)20-11-9-19(10-12-20)14-30-25(35)22-13-21(38-18(2)34)15-33(22)26(36)24(28(3,4)5)32-27(37)39-29(6,7)8/h9-12,16,21-22,24H,13-15H2,1-8H3,(H,30,35)(H,32,37)/t21-,22-,24+/m0/s1. The molecule has 0 saturated carbocycles. The van der Waals surface area contributed by atoms with Crippen molar-refractivity contribution in [2.75, 3.05) is 6.54 Å². The largest absolute Gasteiger partial charge is 0.461 e. The predicted octanol–water partition coefficient (Wildman–Crippen LogP) is 4.21. The van der Waals surface area contributed by atoms with E-state index in [0.29, 0.717) is 0 Å². The number of alkyl carbamates (subject to hydrolysis) is 1. The molecule has 1 aromatic heterocycles. The maximum atomic E-state index is 13.8. The summed E-state index contributed by atoms with van der Waals surface area (Å²) < 4.78 is 10.8. The van der Waals surface area contributed by atoms with Crippen LogP contribution in [0, 0.1) is 12.3 Å². The number of likely N-dealkylation sites (tertiary alicyclic amines) is 1. The minimum Gasteiger partial charge on any atom is -0.461 e. The summed E-state index contributed by atoms with van der Waals surface area (Å²) in [5.74, 6) is -1.30. The molecule has 1 aliphatic rings. The fourth-order valence-electron chi connectivity index (χ4n) is 4.51. The number of esters is 1. The van der Waals surface area contributed by atoms with E-state index in [9.17, 15) is 19.2 Å². The average Bonchev–Trinajstić information content (AvgIpc) is 3.45. The van der Waals surface area contributed by atoms with Gasteiger partial charge in [0.2, 0.25) is 11.8 Å². The number of ether oxygens (including phenoxy) is 2. The van der Waals surface area contributed by atoms with Crippen LogP contribution in [0.1, 0.15) is 66.1 Å². The second-order valence-corrected chi connectivity index (χ2v) is 13.0. The number of aromatic nitrogens is 1. The molecular weight excluding hydrogens is 532 g/mol. The number of hydrogen-bond acceptors (Lipinski definition) is 8. The number of hydrogen-bond donors (Lipinski definition) is 2. The van der Waals surface area contributed by atoms with Gasteiger partial charge in [0.05, 0.1) is 22.6 Å². The Labute approximate surface area is 239 Å². The average molecular weight is 573 g/mol. The van der Waals surface area contributed by atoms with E-state index in [-0.39, 0.29) is 25.4 Å². The van der Waals surface area contributed by atoms with Crippen molar-refractivity contribution in [2.24, 2.45) is 5.41 Å². The second-order valence-electron chi connectivity index (χ2n) is 12.1. The van der Waals surface area contributed by atoms with Crippen LogP contribution in [0.5, 0.6) is 0 Å². The summed E-state index contributed by atoms with van der Waals surface area (Å²) >= 11 is 1.57. The lowest BCUT2D eigenvalue weighted by atomic mass is 9.85. The molecule has 218 valence electrons. The van der Waals surface area contributed by atoms with Gasteiger partial charge in [0, 0.05) is 19.9 Å². The quantitative estimate of drug-likeness (QED) is 0.476. The van der Waals surface area contributed by atoms with E-state index in [2.05, 4.69) is 15.6 Å². The topological polar surface area (TPSA) is 127 Å². The molecule has 3 rings (SSSR count). The zero-order valence-corrected chi connectivity index (χ0v) is 25.3. The Balaban J connectivity index is 1.75. The fourth-order valence-corrected chi connectivity index (χ4v) is 5.32. The van der Waals surface area contributed by atoms with Crippen LogP contribution in [-0.4, -0.2) is 64.1 Å². The second kappa shape index (κ2) is 12.4. The van der Waals surface area contributed by atoms with Crippen molar-refractivity contribution < 1.29 is 28.7 Å². The Bertz CT molecular complexity index is 1230. The van der Waals surface area contributed by atoms with Crippen LogP contribution < -0.4 is 10.6 Å². The van der Waals surface area contributed by atoms with E-state index in [4.69, 9.17) is 9.47 Å². The molecule has 1 fully saturated rings. The van der Waals surface area contributed by atoms with E-state index in [1.165, 1.54) is 11.8 Å². The molecular formula is C29H40N4O6S. The Hall–Kier alpha value is -3.47. The summed E-state index contributed by atoms with van der Waals surface area (Å²) in [7, 11) is 0. The van der Waals surface area contributed by atoms with Gasteiger partial charge < -0.3 is 25.0 Å². The number of benzene rings is 1. The lowest BCUT2D eigenvalue weighted by Crippen LogP contribution is -2.58. The molecule has 3 atom stereocenters. The van der Waals surface area contributed by atoms with Crippen molar-refractivity contribution in [3.8, 4) is 10.4 Å². The summed E-state index contributed by atoms with van der Waals surface area (Å²) in [5.41, 5.74) is 3.29. The lowest BCUT2D eigenvalue weighted by Gasteiger charge is -2.35. The molecule has 3 amide bonds. The van der Waals surface area contributed by atoms with Crippen LogP contribution in [0.25, 0.3) is 10.4 Å². The molecule has 1 aromatic carbocycles. The monoisotopic (exact) mass is 572 g/mol. The van der Waals surface area contributed by atoms with Crippen LogP contribution in [0.3, 0.4) is 0 Å². The van der Waals surface area contributed by atoms with Crippen molar-refractivity contribution in [2.45, 2.75) is 92.1 Å². The first kappa shape index (κ1) is 31.1. The van der Waals surface area contributed by atoms with E-state index < -0.39 is 47.2 Å². The summed E-state index contributed by atoms with van der Waals surface area (Å²) in [6, 6.07) is 6.00. The Kier molecular flexibility index (Phi) is 9.60. The van der Waals surface area contributed by atoms with Gasteiger partial charge in [-0.25, -0.2) is 9.78 Å². The first-order chi connectivity index (χ1) is 18.5. The lowest BCUT2D eigenvalue weighted by molar-refractivity contribution is -0.147. The van der Waals surface area contributed by atoms with Crippen molar-refractivity contribution in [1.29, 1.82) is 0 Å². The van der Waals surface area contributed by atoms with E-state index >= 15 is 0 Å². The number of aryl methyl sites for hydroxylation is 1. The first-order valence-corrected chi connectivity index (χ1v) is 14.2. The summed E-state index contributed by atoms with van der Waals surface area (Å²) in [6.07, 6.45) is -1.21. The summed E-state index contributed by atoms with van der Waals surface area (Å²) in [5, 5.41) is 5.61. The molecule has 0 unspecified atom stereocenters. The highest BCUT2D eigenvalue weighted by atomic mass is 32.1. The third kappa shape index (κ3) is 8.27. The molecule has 2 heterocycles. The number of carbonyl (C=O) groups excluding carboxylic acids is 4. The Morgan fingerprint density at radius 1 is 1.10 bits per heavy atom. The summed E-state index contributed by atoms with van der Waals surface area (Å²) in [6.45, 7) is 14.2. The normalized spacial score (nSPS) is 18.1. The zero-order valence-electron chi connectivity index (χ0n) is 24.5. The van der Waals surface area contributed by atoms with Gasteiger partial charge in [0.1, 0.15) is 23.8 Å². The molecule has 0 radical (unpaired) electrons. The number of rotatable bonds is 7. The molecule has 1 saturated heterocycles. The zero-order chi connectivity index (χ0) is 29.8. The molecule has 0 bridgehead atoms. The van der Waals surface area contributed by atoms with Gasteiger partial charge in [-0.1, -0.05) is 45.0 Å². The summed E-state index contributed by atoms with van der Waals surface area (Å²) in [4.78, 5) is 58.2. The molecule has 0 spiro atoms. The molecule has 40 heavy (non-hydrogen) atoms. The van der Waals surface area contributed by atoms with Crippen LogP contribution >= 0.6 is 11.3 Å². The molecule has 1 aliphatic heterocycles. The van der Waals surface area contributed by atoms with E-state index in [0.717, 1.165) is 21.7 Å². The van der Waals surface area contributed by atoms with Crippen molar-refractivity contribution >= 4 is 35.2 Å². The molecule has 0 aliphatic carbocycles. The smallest absolute Gasteiger partial charge is 0.408 e. The number of amides is 3. The SMILES string of the molecule is CC(=O)O[C@H]1C[C@@H](C(=O)NCc2ccc(-c3scnc3C)cc2)N(C(=O)[C@@H](NC(=O)OC(C)(C)C)C(C)(C)C)C1. The number of nitrogens with zero attached hydrogens (tertiary/aromatic N) is 2. The molecule has 2 N–H and O–H groups in total. The highest BCUT2D eigenvalue weighted by Crippen LogP contribution is 2.29. The fraction of sp³-hybridized carbons (Fsp3) is 0.552. The molecule has 2 aromatic rings. The minimum atomic E-state index is -0.975. The number of nitrogens with one attached hydrogen (secondary N) is 2. The first-order valence-electron chi connectivity index (χ1n) is 13.3. The third-order valence-corrected chi connectivity index (χ3v) is 7.36. The number of carbonyl (C=O) groups is 4. The van der Waals surface area contributed by atoms with Gasteiger partial charge in [0.25, 0.3) is 0 Å². The number of thiazole rings is 1. The van der Waals surface area contributed by atoms with Gasteiger partial charge in [-0.05, 0) is 44.2 Å². The maximum Gasteiger partial charge on any atom is 0.408 e. The Morgan fingerprint density at radius 2 is 1.75 bits per heavy atom. The predicted molar refractivity (Wildman–Crippen MR) is 152 cm³/mol. The molecule has 10 nitrogen and oxygen atoms in total. The van der Waals surface area contributed by atoms with Crippen LogP contribution in [0.15, 0.2) is 29.8 Å². The van der Waals surface area contributed by atoms with Gasteiger partial charge >= 0.3 is 12.1 Å². The Morgan fingerprint density at radius 3 is 2.27 bits per heavy atom. The highest BCUT2D eigenvalue weighted by molar-refractivity contribution is 7.13.